The zero-order valence-electron chi connectivity index (χ0n) is 28.0. The van der Waals surface area contributed by atoms with E-state index in [1.807, 2.05) is 84.9 Å². The number of oxazole rings is 2. The highest BCUT2D eigenvalue weighted by Crippen LogP contribution is 2.39. The molecule has 0 atom stereocenters. The van der Waals surface area contributed by atoms with Gasteiger partial charge >= 0.3 is 0 Å². The zero-order chi connectivity index (χ0) is 35.5. The molecule has 3 heterocycles. The first-order valence-electron chi connectivity index (χ1n) is 17.1. The van der Waals surface area contributed by atoms with Gasteiger partial charge in [0.05, 0.1) is 23.7 Å². The van der Waals surface area contributed by atoms with Gasteiger partial charge in [-0.05, 0) is 113 Å². The number of nitriles is 1. The van der Waals surface area contributed by atoms with Crippen molar-refractivity contribution in [2.75, 3.05) is 0 Å². The molecule has 246 valence electrons. The molecule has 53 heavy (non-hydrogen) atoms. The summed E-state index contributed by atoms with van der Waals surface area (Å²) in [6.07, 6.45) is 0. The molecule has 0 saturated heterocycles. The summed E-state index contributed by atoms with van der Waals surface area (Å²) in [5.74, 6) is 1.17. The average Bonchev–Trinajstić information content (AvgIpc) is 3.94. The van der Waals surface area contributed by atoms with Crippen molar-refractivity contribution >= 4 is 49.7 Å². The second kappa shape index (κ2) is 11.9. The van der Waals surface area contributed by atoms with Crippen LogP contribution in [0, 0.1) is 17.9 Å². The number of nitrogens with zero attached hydrogens (tertiary/aromatic N) is 5. The van der Waals surface area contributed by atoms with Gasteiger partial charge in [-0.25, -0.2) is 14.8 Å². The van der Waals surface area contributed by atoms with Crippen LogP contribution < -0.4 is 0 Å². The van der Waals surface area contributed by atoms with Crippen molar-refractivity contribution < 1.29 is 8.83 Å². The van der Waals surface area contributed by atoms with Gasteiger partial charge in [0.2, 0.25) is 11.8 Å². The van der Waals surface area contributed by atoms with E-state index < -0.39 is 0 Å². The van der Waals surface area contributed by atoms with Gasteiger partial charge in [-0.2, -0.15) is 5.26 Å². The molecule has 0 spiro atoms. The molecular formula is C46H25N5O2. The molecule has 0 amide bonds. The Morgan fingerprint density at radius 1 is 0.528 bits per heavy atom. The number of aromatic nitrogens is 3. The Kier molecular flexibility index (Phi) is 6.79. The van der Waals surface area contributed by atoms with E-state index in [4.69, 9.17) is 25.4 Å². The summed E-state index contributed by atoms with van der Waals surface area (Å²) in [5.41, 5.74) is 12.5. The molecule has 0 aliphatic rings. The average molecular weight is 680 g/mol. The van der Waals surface area contributed by atoms with E-state index >= 15 is 0 Å². The van der Waals surface area contributed by atoms with Crippen LogP contribution in [0.5, 0.6) is 0 Å². The number of hydrogen-bond donors (Lipinski definition) is 0. The van der Waals surface area contributed by atoms with E-state index in [1.165, 1.54) is 0 Å². The lowest BCUT2D eigenvalue weighted by Crippen LogP contribution is -1.94. The van der Waals surface area contributed by atoms with Crippen LogP contribution in [0.15, 0.2) is 160 Å². The SMILES string of the molecule is [C-]#[N+]c1cc(C#N)cc(-n2c3ccc(-c4ccc5oc(-c6ccccc6)nc5c4)cc3c3cc(-c4ccc5oc(-c6ccccc6)nc5c4)ccc32)c1. The molecule has 0 unspecified atom stereocenters. The minimum atomic E-state index is 0.411. The maximum atomic E-state index is 9.83. The van der Waals surface area contributed by atoms with Gasteiger partial charge in [-0.3, -0.25) is 0 Å². The summed E-state index contributed by atoms with van der Waals surface area (Å²) in [5, 5.41) is 11.9. The molecule has 0 fully saturated rings. The standard InChI is InChI=1S/C46H25N5O2/c1-48-35-20-28(27-47)21-36(26-35)51-41-16-12-31(33-14-18-43-39(24-33)49-45(52-43)29-8-4-2-5-9-29)22-37(41)38-23-32(13-17-42(38)51)34-15-19-44-40(25-34)50-46(53-44)30-10-6-3-7-11-30/h2-26H. The first-order valence-corrected chi connectivity index (χ1v) is 17.1. The zero-order valence-corrected chi connectivity index (χ0v) is 28.0. The molecule has 0 aliphatic heterocycles. The van der Waals surface area contributed by atoms with Gasteiger partial charge in [-0.15, -0.1) is 0 Å². The first-order chi connectivity index (χ1) is 26.1. The van der Waals surface area contributed by atoms with Crippen LogP contribution >= 0.6 is 0 Å². The van der Waals surface area contributed by atoms with E-state index in [2.05, 4.69) is 76.1 Å². The largest absolute Gasteiger partial charge is 0.436 e. The summed E-state index contributed by atoms with van der Waals surface area (Å²) in [4.78, 5) is 13.3. The van der Waals surface area contributed by atoms with Crippen molar-refractivity contribution in [3.8, 4) is 56.9 Å². The highest BCUT2D eigenvalue weighted by molar-refractivity contribution is 6.12. The first kappa shape index (κ1) is 30.1. The Morgan fingerprint density at radius 2 is 1.02 bits per heavy atom. The Bertz CT molecular complexity index is 2930. The lowest BCUT2D eigenvalue weighted by molar-refractivity contribution is 0.619. The Balaban J connectivity index is 1.14. The monoisotopic (exact) mass is 679 g/mol. The highest BCUT2D eigenvalue weighted by atomic mass is 16.4. The fourth-order valence-electron chi connectivity index (χ4n) is 7.14. The summed E-state index contributed by atoms with van der Waals surface area (Å²) in [6.45, 7) is 7.71. The lowest BCUT2D eigenvalue weighted by Gasteiger charge is -2.10. The van der Waals surface area contributed by atoms with Gasteiger partial charge < -0.3 is 13.4 Å². The number of hydrogen-bond acceptors (Lipinski definition) is 5. The number of fused-ring (bicyclic) bond motifs is 5. The van der Waals surface area contributed by atoms with Crippen LogP contribution in [0.25, 0.3) is 99.7 Å². The van der Waals surface area contributed by atoms with E-state index in [0.29, 0.717) is 23.0 Å². The van der Waals surface area contributed by atoms with Crippen molar-refractivity contribution in [2.24, 2.45) is 0 Å². The molecule has 7 heteroatoms. The van der Waals surface area contributed by atoms with Crippen LogP contribution in [-0.4, -0.2) is 14.5 Å². The van der Waals surface area contributed by atoms with Crippen molar-refractivity contribution in [3.63, 3.8) is 0 Å². The highest BCUT2D eigenvalue weighted by Gasteiger charge is 2.18. The predicted octanol–water partition coefficient (Wildman–Crippen LogP) is 12.2. The second-order valence-corrected chi connectivity index (χ2v) is 12.9. The van der Waals surface area contributed by atoms with Gasteiger partial charge in [0, 0.05) is 33.2 Å². The van der Waals surface area contributed by atoms with Gasteiger partial charge in [0.15, 0.2) is 16.9 Å². The Labute approximate surface area is 303 Å². The van der Waals surface area contributed by atoms with Gasteiger partial charge in [0.1, 0.15) is 11.0 Å². The van der Waals surface area contributed by atoms with E-state index in [9.17, 15) is 5.26 Å². The van der Waals surface area contributed by atoms with Crippen LogP contribution in [0.2, 0.25) is 0 Å². The molecule has 3 aromatic heterocycles. The molecular weight excluding hydrogens is 655 g/mol. The third-order valence-corrected chi connectivity index (χ3v) is 9.67. The number of rotatable bonds is 5. The van der Waals surface area contributed by atoms with E-state index in [0.717, 1.165) is 83.1 Å². The lowest BCUT2D eigenvalue weighted by atomic mass is 10.00. The molecule has 7 nitrogen and oxygen atoms in total. The fourth-order valence-corrected chi connectivity index (χ4v) is 7.14. The van der Waals surface area contributed by atoms with Gasteiger partial charge in [0.25, 0.3) is 0 Å². The second-order valence-electron chi connectivity index (χ2n) is 12.9. The quantitative estimate of drug-likeness (QED) is 0.169. The summed E-state index contributed by atoms with van der Waals surface area (Å²) in [7, 11) is 0. The van der Waals surface area contributed by atoms with Crippen molar-refractivity contribution in [3.05, 3.63) is 169 Å². The Hall–Kier alpha value is -7.74. The molecule has 0 saturated carbocycles. The third kappa shape index (κ3) is 5.12. The third-order valence-electron chi connectivity index (χ3n) is 9.67. The number of benzene rings is 7. The van der Waals surface area contributed by atoms with Crippen LogP contribution in [0.4, 0.5) is 5.69 Å². The Morgan fingerprint density at radius 3 is 1.51 bits per heavy atom. The summed E-state index contributed by atoms with van der Waals surface area (Å²) in [6, 6.07) is 52.3. The normalized spacial score (nSPS) is 11.4. The van der Waals surface area contributed by atoms with Gasteiger partial charge in [-0.1, -0.05) is 60.7 Å². The van der Waals surface area contributed by atoms with Crippen LogP contribution in [0.1, 0.15) is 5.56 Å². The minimum absolute atomic E-state index is 0.411. The maximum absolute atomic E-state index is 9.83. The molecule has 0 aliphatic carbocycles. The van der Waals surface area contributed by atoms with E-state index in [-0.39, 0.29) is 0 Å². The predicted molar refractivity (Wildman–Crippen MR) is 209 cm³/mol. The smallest absolute Gasteiger partial charge is 0.227 e. The van der Waals surface area contributed by atoms with Crippen molar-refractivity contribution in [1.29, 1.82) is 5.26 Å². The van der Waals surface area contributed by atoms with Crippen molar-refractivity contribution in [1.82, 2.24) is 14.5 Å². The minimum Gasteiger partial charge on any atom is -0.436 e. The molecule has 0 bridgehead atoms. The van der Waals surface area contributed by atoms with E-state index in [1.54, 1.807) is 6.07 Å². The molecule has 10 aromatic rings. The van der Waals surface area contributed by atoms with Crippen molar-refractivity contribution in [2.45, 2.75) is 0 Å². The molecule has 0 N–H and O–H groups in total. The summed E-state index contributed by atoms with van der Waals surface area (Å²) < 4.78 is 14.3. The molecule has 0 radical (unpaired) electrons. The topological polar surface area (TPSA) is 85.1 Å². The van der Waals surface area contributed by atoms with Crippen LogP contribution in [0.3, 0.4) is 0 Å². The summed E-state index contributed by atoms with van der Waals surface area (Å²) >= 11 is 0. The fraction of sp³-hybridized carbons (Fsp3) is 0. The molecule has 7 aromatic carbocycles. The molecule has 10 rings (SSSR count). The maximum Gasteiger partial charge on any atom is 0.227 e. The van der Waals surface area contributed by atoms with Crippen LogP contribution in [-0.2, 0) is 0 Å².